The summed E-state index contributed by atoms with van der Waals surface area (Å²) >= 11 is 0. The minimum atomic E-state index is 0.260. The third-order valence-electron chi connectivity index (χ3n) is 3.89. The first-order valence-corrected chi connectivity index (χ1v) is 7.50. The Bertz CT molecular complexity index is 439. The van der Waals surface area contributed by atoms with Gasteiger partial charge in [-0.1, -0.05) is 6.07 Å². The predicted molar refractivity (Wildman–Crippen MR) is 77.3 cm³/mol. The first-order chi connectivity index (χ1) is 9.85. The van der Waals surface area contributed by atoms with Crippen LogP contribution < -0.4 is 14.8 Å². The molecule has 0 radical (unpaired) electrons. The van der Waals surface area contributed by atoms with Gasteiger partial charge in [-0.05, 0) is 18.9 Å². The van der Waals surface area contributed by atoms with E-state index in [-0.39, 0.29) is 6.10 Å². The first-order valence-electron chi connectivity index (χ1n) is 7.50. The van der Waals surface area contributed by atoms with Gasteiger partial charge in [0.1, 0.15) is 17.6 Å². The second-order valence-corrected chi connectivity index (χ2v) is 5.56. The van der Waals surface area contributed by atoms with Crippen LogP contribution in [0, 0.1) is 0 Å². The van der Waals surface area contributed by atoms with Crippen LogP contribution in [-0.2, 0) is 11.3 Å². The largest absolute Gasteiger partial charge is 0.497 e. The summed E-state index contributed by atoms with van der Waals surface area (Å²) in [7, 11) is 1.69. The Balaban J connectivity index is 1.69. The molecule has 0 unspecified atom stereocenters. The van der Waals surface area contributed by atoms with Crippen molar-refractivity contribution in [1.29, 1.82) is 0 Å². The maximum Gasteiger partial charge on any atom is 0.127 e. The van der Waals surface area contributed by atoms with Gasteiger partial charge in [-0.2, -0.15) is 0 Å². The van der Waals surface area contributed by atoms with Gasteiger partial charge in [0.15, 0.2) is 0 Å². The molecule has 4 heteroatoms. The van der Waals surface area contributed by atoms with E-state index in [0.29, 0.717) is 6.04 Å². The van der Waals surface area contributed by atoms with Gasteiger partial charge in [-0.15, -0.1) is 0 Å². The Kier molecular flexibility index (Phi) is 4.43. The molecule has 2 fully saturated rings. The highest BCUT2D eigenvalue weighted by atomic mass is 16.5. The SMILES string of the molecule is COc1ccc(CNC2CC2)c(OC2CCOCC2)c1. The highest BCUT2D eigenvalue weighted by Gasteiger charge is 2.22. The van der Waals surface area contributed by atoms with Crippen LogP contribution in [0.1, 0.15) is 31.2 Å². The zero-order valence-corrected chi connectivity index (χ0v) is 12.1. The molecule has 0 atom stereocenters. The lowest BCUT2D eigenvalue weighted by Gasteiger charge is -2.25. The van der Waals surface area contributed by atoms with E-state index in [9.17, 15) is 0 Å². The highest BCUT2D eigenvalue weighted by molar-refractivity contribution is 5.41. The van der Waals surface area contributed by atoms with Gasteiger partial charge in [0.2, 0.25) is 0 Å². The summed E-state index contributed by atoms with van der Waals surface area (Å²) < 4.78 is 16.9. The van der Waals surface area contributed by atoms with Gasteiger partial charge in [0.05, 0.1) is 20.3 Å². The number of hydrogen-bond acceptors (Lipinski definition) is 4. The van der Waals surface area contributed by atoms with Crippen molar-refractivity contribution < 1.29 is 14.2 Å². The summed E-state index contributed by atoms with van der Waals surface area (Å²) in [5, 5.41) is 3.54. The summed E-state index contributed by atoms with van der Waals surface area (Å²) in [4.78, 5) is 0. The normalized spacial score (nSPS) is 19.9. The standard InChI is InChI=1S/C16H23NO3/c1-18-15-5-2-12(11-17-13-3-4-13)16(10-15)20-14-6-8-19-9-7-14/h2,5,10,13-14,17H,3-4,6-9,11H2,1H3. The van der Waals surface area contributed by atoms with Gasteiger partial charge >= 0.3 is 0 Å². The second-order valence-electron chi connectivity index (χ2n) is 5.56. The molecule has 1 aliphatic carbocycles. The van der Waals surface area contributed by atoms with E-state index < -0.39 is 0 Å². The molecule has 110 valence electrons. The molecule has 3 rings (SSSR count). The van der Waals surface area contributed by atoms with E-state index in [1.165, 1.54) is 18.4 Å². The van der Waals surface area contributed by atoms with Crippen molar-refractivity contribution in [2.45, 2.75) is 44.4 Å². The summed E-state index contributed by atoms with van der Waals surface area (Å²) in [5.41, 5.74) is 1.21. The van der Waals surface area contributed by atoms with Crippen LogP contribution in [0.5, 0.6) is 11.5 Å². The molecular weight excluding hydrogens is 254 g/mol. The van der Waals surface area contributed by atoms with Gasteiger partial charge in [0.25, 0.3) is 0 Å². The number of hydrogen-bond donors (Lipinski definition) is 1. The molecule has 0 amide bonds. The van der Waals surface area contributed by atoms with Crippen LogP contribution in [0.3, 0.4) is 0 Å². The second kappa shape index (κ2) is 6.46. The molecule has 1 heterocycles. The number of methoxy groups -OCH3 is 1. The molecule has 0 aromatic heterocycles. The maximum absolute atomic E-state index is 6.18. The van der Waals surface area contributed by atoms with Gasteiger partial charge < -0.3 is 19.5 Å². The maximum atomic E-state index is 6.18. The van der Waals surface area contributed by atoms with Crippen molar-refractivity contribution in [3.8, 4) is 11.5 Å². The van der Waals surface area contributed by atoms with E-state index in [1.54, 1.807) is 7.11 Å². The Labute approximate surface area is 120 Å². The topological polar surface area (TPSA) is 39.7 Å². The van der Waals surface area contributed by atoms with Crippen molar-refractivity contribution in [3.63, 3.8) is 0 Å². The van der Waals surface area contributed by atoms with Crippen LogP contribution in [-0.4, -0.2) is 32.5 Å². The molecule has 1 saturated carbocycles. The first kappa shape index (κ1) is 13.7. The lowest BCUT2D eigenvalue weighted by molar-refractivity contribution is 0.0251. The molecule has 1 aromatic rings. The fraction of sp³-hybridized carbons (Fsp3) is 0.625. The van der Waals surface area contributed by atoms with Gasteiger partial charge in [-0.25, -0.2) is 0 Å². The van der Waals surface area contributed by atoms with Crippen LogP contribution in [0.15, 0.2) is 18.2 Å². The fourth-order valence-electron chi connectivity index (χ4n) is 2.43. The number of nitrogens with one attached hydrogen (secondary N) is 1. The Morgan fingerprint density at radius 3 is 2.70 bits per heavy atom. The summed E-state index contributed by atoms with van der Waals surface area (Å²) in [6.45, 7) is 2.46. The molecule has 4 nitrogen and oxygen atoms in total. The summed E-state index contributed by atoms with van der Waals surface area (Å²) in [5.74, 6) is 1.80. The fourth-order valence-corrected chi connectivity index (χ4v) is 2.43. The van der Waals surface area contributed by atoms with E-state index in [1.807, 2.05) is 12.1 Å². The summed E-state index contributed by atoms with van der Waals surface area (Å²) in [6.07, 6.45) is 4.79. The van der Waals surface area contributed by atoms with Gasteiger partial charge in [-0.3, -0.25) is 0 Å². The summed E-state index contributed by atoms with van der Waals surface area (Å²) in [6, 6.07) is 6.80. The van der Waals surface area contributed by atoms with Crippen molar-refractivity contribution in [2.24, 2.45) is 0 Å². The average Bonchev–Trinajstić information content (AvgIpc) is 3.31. The molecular formula is C16H23NO3. The van der Waals surface area contributed by atoms with E-state index in [4.69, 9.17) is 14.2 Å². The molecule has 1 saturated heterocycles. The van der Waals surface area contributed by atoms with Crippen molar-refractivity contribution in [2.75, 3.05) is 20.3 Å². The molecule has 2 aliphatic rings. The molecule has 1 aliphatic heterocycles. The Hall–Kier alpha value is -1.26. The lowest BCUT2D eigenvalue weighted by atomic mass is 10.1. The zero-order chi connectivity index (χ0) is 13.8. The smallest absolute Gasteiger partial charge is 0.127 e. The predicted octanol–water partition coefficient (Wildman–Crippen LogP) is 2.51. The van der Waals surface area contributed by atoms with Crippen LogP contribution in [0.25, 0.3) is 0 Å². The Morgan fingerprint density at radius 2 is 2.00 bits per heavy atom. The minimum Gasteiger partial charge on any atom is -0.497 e. The minimum absolute atomic E-state index is 0.260. The lowest BCUT2D eigenvalue weighted by Crippen LogP contribution is -2.26. The van der Waals surface area contributed by atoms with E-state index in [2.05, 4.69) is 11.4 Å². The molecule has 1 N–H and O–H groups in total. The van der Waals surface area contributed by atoms with Crippen molar-refractivity contribution in [3.05, 3.63) is 23.8 Å². The van der Waals surface area contributed by atoms with Crippen molar-refractivity contribution in [1.82, 2.24) is 5.32 Å². The average molecular weight is 277 g/mol. The quantitative estimate of drug-likeness (QED) is 0.867. The molecule has 20 heavy (non-hydrogen) atoms. The Morgan fingerprint density at radius 1 is 1.20 bits per heavy atom. The number of ether oxygens (including phenoxy) is 3. The van der Waals surface area contributed by atoms with Crippen LogP contribution in [0.2, 0.25) is 0 Å². The van der Waals surface area contributed by atoms with Crippen molar-refractivity contribution >= 4 is 0 Å². The third kappa shape index (κ3) is 3.64. The third-order valence-corrected chi connectivity index (χ3v) is 3.89. The molecule has 0 spiro atoms. The zero-order valence-electron chi connectivity index (χ0n) is 12.1. The van der Waals surface area contributed by atoms with E-state index >= 15 is 0 Å². The van der Waals surface area contributed by atoms with Crippen LogP contribution in [0.4, 0.5) is 0 Å². The highest BCUT2D eigenvalue weighted by Crippen LogP contribution is 2.28. The number of benzene rings is 1. The molecule has 0 bridgehead atoms. The van der Waals surface area contributed by atoms with E-state index in [0.717, 1.165) is 44.1 Å². The van der Waals surface area contributed by atoms with Gasteiger partial charge in [0, 0.05) is 37.1 Å². The monoisotopic (exact) mass is 277 g/mol. The number of rotatable bonds is 6. The molecule has 1 aromatic carbocycles. The van der Waals surface area contributed by atoms with Crippen LogP contribution >= 0.6 is 0 Å².